The van der Waals surface area contributed by atoms with Crippen molar-refractivity contribution in [3.63, 3.8) is 0 Å². The molecular formula is C19H13N5O3. The van der Waals surface area contributed by atoms with Crippen molar-refractivity contribution in [3.05, 3.63) is 82.5 Å². The molecule has 0 saturated heterocycles. The quantitative estimate of drug-likeness (QED) is 0.425. The summed E-state index contributed by atoms with van der Waals surface area (Å²) in [5.74, 6) is 0.290. The van der Waals surface area contributed by atoms with E-state index in [-0.39, 0.29) is 11.6 Å². The Morgan fingerprint density at radius 2 is 1.89 bits per heavy atom. The molecule has 0 aliphatic carbocycles. The predicted octanol–water partition coefficient (Wildman–Crippen LogP) is 3.79. The number of hydrogen-bond acceptors (Lipinski definition) is 5. The van der Waals surface area contributed by atoms with E-state index in [1.807, 2.05) is 18.2 Å². The highest BCUT2D eigenvalue weighted by atomic mass is 16.6. The second kappa shape index (κ2) is 6.68. The Hall–Kier alpha value is -4.07. The van der Waals surface area contributed by atoms with E-state index in [4.69, 9.17) is 0 Å². The number of nitrogens with zero attached hydrogens (tertiary/aromatic N) is 3. The molecule has 8 heteroatoms. The van der Waals surface area contributed by atoms with Gasteiger partial charge in [-0.15, -0.1) is 0 Å². The normalized spacial score (nSPS) is 10.7. The van der Waals surface area contributed by atoms with Crippen LogP contribution in [0.5, 0.6) is 0 Å². The summed E-state index contributed by atoms with van der Waals surface area (Å²) in [5.41, 5.74) is 3.10. The van der Waals surface area contributed by atoms with Crippen LogP contribution in [0, 0.1) is 10.1 Å². The zero-order chi connectivity index (χ0) is 18.8. The fourth-order valence-corrected chi connectivity index (χ4v) is 2.65. The molecule has 2 heterocycles. The molecule has 0 bridgehead atoms. The Bertz CT molecular complexity index is 1140. The minimum Gasteiger partial charge on any atom is -0.337 e. The first-order valence-electron chi connectivity index (χ1n) is 8.07. The molecular weight excluding hydrogens is 346 g/mol. The standard InChI is InChI=1S/C19H13N5O3/c25-19(12-4-7-14(8-5-12)24(26)27)21-13-6-9-15-17(11-13)23-18(22-15)16-3-1-2-10-20-16/h1-11H,(H,21,25)(H,22,23). The van der Waals surface area contributed by atoms with Crippen LogP contribution >= 0.6 is 0 Å². The summed E-state index contributed by atoms with van der Waals surface area (Å²) < 4.78 is 0. The van der Waals surface area contributed by atoms with E-state index in [9.17, 15) is 14.9 Å². The average molecular weight is 359 g/mol. The average Bonchev–Trinajstić information content (AvgIpc) is 3.12. The number of fused-ring (bicyclic) bond motifs is 1. The lowest BCUT2D eigenvalue weighted by molar-refractivity contribution is -0.384. The molecule has 0 atom stereocenters. The van der Waals surface area contributed by atoms with Gasteiger partial charge in [0.2, 0.25) is 0 Å². The van der Waals surface area contributed by atoms with Crippen LogP contribution in [0.2, 0.25) is 0 Å². The molecule has 0 unspecified atom stereocenters. The Morgan fingerprint density at radius 3 is 2.59 bits per heavy atom. The highest BCUT2D eigenvalue weighted by Gasteiger charge is 2.11. The number of carbonyl (C=O) groups is 1. The Kier molecular flexibility index (Phi) is 4.06. The van der Waals surface area contributed by atoms with Crippen LogP contribution in [0.3, 0.4) is 0 Å². The topological polar surface area (TPSA) is 114 Å². The zero-order valence-corrected chi connectivity index (χ0v) is 13.9. The first-order valence-corrected chi connectivity index (χ1v) is 8.07. The number of amides is 1. The summed E-state index contributed by atoms with van der Waals surface area (Å²) >= 11 is 0. The number of H-pyrrole nitrogens is 1. The number of hydrogen-bond donors (Lipinski definition) is 2. The molecule has 2 aromatic carbocycles. The molecule has 0 aliphatic rings. The van der Waals surface area contributed by atoms with Gasteiger partial charge in [-0.3, -0.25) is 19.9 Å². The molecule has 132 valence electrons. The van der Waals surface area contributed by atoms with E-state index in [0.717, 1.165) is 16.7 Å². The summed E-state index contributed by atoms with van der Waals surface area (Å²) in [7, 11) is 0. The third-order valence-corrected chi connectivity index (χ3v) is 3.99. The van der Waals surface area contributed by atoms with Crippen LogP contribution in [0.1, 0.15) is 10.4 Å². The first-order chi connectivity index (χ1) is 13.1. The van der Waals surface area contributed by atoms with Gasteiger partial charge in [-0.1, -0.05) is 6.07 Å². The maximum atomic E-state index is 12.3. The largest absolute Gasteiger partial charge is 0.337 e. The van der Waals surface area contributed by atoms with Crippen molar-refractivity contribution in [3.8, 4) is 11.5 Å². The van der Waals surface area contributed by atoms with Crippen molar-refractivity contribution < 1.29 is 9.72 Å². The van der Waals surface area contributed by atoms with Gasteiger partial charge in [0.05, 0.1) is 16.0 Å². The summed E-state index contributed by atoms with van der Waals surface area (Å²) in [6.45, 7) is 0. The number of imidazole rings is 1. The third-order valence-electron chi connectivity index (χ3n) is 3.99. The number of non-ortho nitro benzene ring substituents is 1. The van der Waals surface area contributed by atoms with E-state index in [0.29, 0.717) is 17.1 Å². The summed E-state index contributed by atoms with van der Waals surface area (Å²) in [6.07, 6.45) is 1.69. The minimum absolute atomic E-state index is 0.0625. The van der Waals surface area contributed by atoms with Crippen molar-refractivity contribution in [1.82, 2.24) is 15.0 Å². The van der Waals surface area contributed by atoms with Gasteiger partial charge in [-0.25, -0.2) is 4.98 Å². The van der Waals surface area contributed by atoms with Gasteiger partial charge in [-0.2, -0.15) is 0 Å². The molecule has 0 saturated carbocycles. The maximum Gasteiger partial charge on any atom is 0.269 e. The van der Waals surface area contributed by atoms with Crippen LogP contribution in [-0.2, 0) is 0 Å². The molecule has 1 amide bonds. The number of pyridine rings is 1. The maximum absolute atomic E-state index is 12.3. The van der Waals surface area contributed by atoms with Crippen molar-refractivity contribution in [2.24, 2.45) is 0 Å². The van der Waals surface area contributed by atoms with Crippen molar-refractivity contribution >= 4 is 28.3 Å². The molecule has 0 aliphatic heterocycles. The van der Waals surface area contributed by atoms with Crippen LogP contribution in [0.4, 0.5) is 11.4 Å². The molecule has 8 nitrogen and oxygen atoms in total. The number of carbonyl (C=O) groups excluding carboxylic acids is 1. The lowest BCUT2D eigenvalue weighted by atomic mass is 10.2. The van der Waals surface area contributed by atoms with Gasteiger partial charge in [-0.05, 0) is 42.5 Å². The van der Waals surface area contributed by atoms with Crippen molar-refractivity contribution in [1.29, 1.82) is 0 Å². The van der Waals surface area contributed by atoms with Gasteiger partial charge in [0.15, 0.2) is 5.82 Å². The molecule has 2 aromatic heterocycles. The zero-order valence-electron chi connectivity index (χ0n) is 13.9. The number of aromatic nitrogens is 3. The van der Waals surface area contributed by atoms with E-state index in [2.05, 4.69) is 20.3 Å². The molecule has 0 radical (unpaired) electrons. The third kappa shape index (κ3) is 3.36. The van der Waals surface area contributed by atoms with Gasteiger partial charge in [0.25, 0.3) is 11.6 Å². The second-order valence-electron chi connectivity index (χ2n) is 5.79. The second-order valence-corrected chi connectivity index (χ2v) is 5.79. The molecule has 27 heavy (non-hydrogen) atoms. The van der Waals surface area contributed by atoms with Gasteiger partial charge in [0.1, 0.15) is 5.69 Å². The van der Waals surface area contributed by atoms with Crippen LogP contribution in [0.25, 0.3) is 22.6 Å². The van der Waals surface area contributed by atoms with Gasteiger partial charge in [0, 0.05) is 29.6 Å². The minimum atomic E-state index is -0.507. The van der Waals surface area contributed by atoms with Crippen molar-refractivity contribution in [2.75, 3.05) is 5.32 Å². The Labute approximate surface area is 153 Å². The SMILES string of the molecule is O=C(Nc1ccc2nc(-c3ccccn3)[nH]c2c1)c1ccc([N+](=O)[O-])cc1. The van der Waals surface area contributed by atoms with Crippen LogP contribution in [-0.4, -0.2) is 25.8 Å². The number of rotatable bonds is 4. The monoisotopic (exact) mass is 359 g/mol. The van der Waals surface area contributed by atoms with E-state index in [1.165, 1.54) is 24.3 Å². The van der Waals surface area contributed by atoms with Crippen molar-refractivity contribution in [2.45, 2.75) is 0 Å². The number of benzene rings is 2. The lowest BCUT2D eigenvalue weighted by Gasteiger charge is -2.05. The number of nitrogens with one attached hydrogen (secondary N) is 2. The van der Waals surface area contributed by atoms with Gasteiger partial charge >= 0.3 is 0 Å². The van der Waals surface area contributed by atoms with E-state index < -0.39 is 4.92 Å². The highest BCUT2D eigenvalue weighted by Crippen LogP contribution is 2.22. The molecule has 0 spiro atoms. The number of anilines is 1. The summed E-state index contributed by atoms with van der Waals surface area (Å²) in [4.78, 5) is 34.5. The van der Waals surface area contributed by atoms with Gasteiger partial charge < -0.3 is 10.3 Å². The van der Waals surface area contributed by atoms with E-state index >= 15 is 0 Å². The van der Waals surface area contributed by atoms with Crippen LogP contribution < -0.4 is 5.32 Å². The molecule has 4 rings (SSSR count). The summed E-state index contributed by atoms with van der Waals surface area (Å²) in [5, 5.41) is 13.5. The summed E-state index contributed by atoms with van der Waals surface area (Å²) in [6, 6.07) is 16.3. The van der Waals surface area contributed by atoms with E-state index in [1.54, 1.807) is 24.4 Å². The predicted molar refractivity (Wildman–Crippen MR) is 100 cm³/mol. The Balaban J connectivity index is 1.57. The highest BCUT2D eigenvalue weighted by molar-refractivity contribution is 6.05. The smallest absolute Gasteiger partial charge is 0.269 e. The van der Waals surface area contributed by atoms with Crippen LogP contribution in [0.15, 0.2) is 66.9 Å². The lowest BCUT2D eigenvalue weighted by Crippen LogP contribution is -2.11. The number of nitro benzene ring substituents is 1. The number of nitro groups is 1. The Morgan fingerprint density at radius 1 is 1.07 bits per heavy atom. The molecule has 2 N–H and O–H groups in total. The number of aromatic amines is 1. The fraction of sp³-hybridized carbons (Fsp3) is 0. The fourth-order valence-electron chi connectivity index (χ4n) is 2.65. The molecule has 4 aromatic rings. The molecule has 0 fully saturated rings. The first kappa shape index (κ1) is 16.4.